The van der Waals surface area contributed by atoms with Crippen LogP contribution in [0.2, 0.25) is 5.02 Å². The molecule has 0 saturated heterocycles. The number of benzene rings is 2. The minimum atomic E-state index is -1.00. The molecule has 1 heterocycles. The Hall–Kier alpha value is -3.51. The summed E-state index contributed by atoms with van der Waals surface area (Å²) >= 11 is 7.24. The number of rotatable bonds is 8. The van der Waals surface area contributed by atoms with Gasteiger partial charge in [-0.15, -0.1) is 0 Å². The average molecular weight is 495 g/mol. The highest BCUT2D eigenvalue weighted by atomic mass is 35.5. The van der Waals surface area contributed by atoms with E-state index < -0.39 is 34.4 Å². The first-order chi connectivity index (χ1) is 15.8. The van der Waals surface area contributed by atoms with Crippen LogP contribution in [0.5, 0.6) is 11.5 Å². The van der Waals surface area contributed by atoms with Gasteiger partial charge in [0.15, 0.2) is 11.5 Å². The summed E-state index contributed by atoms with van der Waals surface area (Å²) in [5.41, 5.74) is 4.36. The number of hydrazine groups is 1. The monoisotopic (exact) mass is 494 g/mol. The highest BCUT2D eigenvalue weighted by molar-refractivity contribution is 7.98. The molecule has 33 heavy (non-hydrogen) atoms. The number of fused-ring (bicyclic) bond motifs is 1. The van der Waals surface area contributed by atoms with Crippen molar-refractivity contribution in [2.75, 3.05) is 18.8 Å². The molecule has 13 heteroatoms. The van der Waals surface area contributed by atoms with E-state index in [1.807, 2.05) is 6.26 Å². The Morgan fingerprint density at radius 1 is 1.09 bits per heavy atom. The number of nitrogens with zero attached hydrogens (tertiary/aromatic N) is 1. The van der Waals surface area contributed by atoms with Crippen molar-refractivity contribution in [2.24, 2.45) is 0 Å². The van der Waals surface area contributed by atoms with Gasteiger partial charge in [0.1, 0.15) is 11.1 Å². The van der Waals surface area contributed by atoms with Gasteiger partial charge >= 0.3 is 0 Å². The fourth-order valence-electron chi connectivity index (χ4n) is 2.86. The molecule has 0 aliphatic carbocycles. The van der Waals surface area contributed by atoms with Gasteiger partial charge in [-0.25, -0.2) is 0 Å². The first-order valence-corrected chi connectivity index (χ1v) is 11.3. The zero-order valence-electron chi connectivity index (χ0n) is 17.3. The second-order valence-electron chi connectivity index (χ2n) is 6.74. The highest BCUT2D eigenvalue weighted by Crippen LogP contribution is 2.32. The summed E-state index contributed by atoms with van der Waals surface area (Å²) in [4.78, 5) is 48.0. The number of nitro groups is 1. The van der Waals surface area contributed by atoms with E-state index in [2.05, 4.69) is 16.2 Å². The van der Waals surface area contributed by atoms with Crippen LogP contribution < -0.4 is 25.6 Å². The lowest BCUT2D eigenvalue weighted by Crippen LogP contribution is -2.52. The topological polar surface area (TPSA) is 149 Å². The molecule has 11 nitrogen and oxygen atoms in total. The van der Waals surface area contributed by atoms with Gasteiger partial charge in [-0.3, -0.25) is 35.3 Å². The van der Waals surface area contributed by atoms with E-state index in [1.54, 1.807) is 6.07 Å². The summed E-state index contributed by atoms with van der Waals surface area (Å²) < 4.78 is 10.4. The van der Waals surface area contributed by atoms with E-state index in [4.69, 9.17) is 21.1 Å². The maximum Gasteiger partial charge on any atom is 0.288 e. The van der Waals surface area contributed by atoms with Crippen LogP contribution in [-0.4, -0.2) is 47.5 Å². The summed E-state index contributed by atoms with van der Waals surface area (Å²) in [7, 11) is 0. The van der Waals surface area contributed by atoms with Crippen molar-refractivity contribution in [3.8, 4) is 11.5 Å². The minimum absolute atomic E-state index is 0.0301. The molecule has 0 radical (unpaired) electrons. The number of nitrogens with one attached hydrogen (secondary N) is 3. The first-order valence-electron chi connectivity index (χ1n) is 9.53. The Bertz CT molecular complexity index is 1100. The van der Waals surface area contributed by atoms with Crippen LogP contribution in [0.15, 0.2) is 36.4 Å². The second-order valence-corrected chi connectivity index (χ2v) is 8.14. The van der Waals surface area contributed by atoms with E-state index in [0.717, 1.165) is 6.07 Å². The van der Waals surface area contributed by atoms with Gasteiger partial charge in [0.25, 0.3) is 23.4 Å². The standard InChI is InChI=1S/C20H19ClN4O7S/c1-33-7-6-14(22-18(26)11-2-4-13(21)15(8-11)25(29)30)20(28)24-23-19(27)12-3-5-16-17(9-12)32-10-31-16/h2-5,8-9,14H,6-7,10H2,1H3,(H,22,26)(H,23,27)(H,24,28). The average Bonchev–Trinajstić information content (AvgIpc) is 3.27. The summed E-state index contributed by atoms with van der Waals surface area (Å²) in [5, 5.41) is 13.5. The number of ether oxygens (including phenoxy) is 2. The molecule has 2 aromatic rings. The third-order valence-electron chi connectivity index (χ3n) is 4.57. The molecule has 3 rings (SSSR count). The van der Waals surface area contributed by atoms with E-state index >= 15 is 0 Å². The SMILES string of the molecule is CSCCC(NC(=O)c1ccc(Cl)c([N+](=O)[O-])c1)C(=O)NNC(=O)c1ccc2c(c1)OCO2. The van der Waals surface area contributed by atoms with E-state index in [1.165, 1.54) is 36.0 Å². The Balaban J connectivity index is 1.64. The fraction of sp³-hybridized carbons (Fsp3) is 0.250. The molecule has 174 valence electrons. The Morgan fingerprint density at radius 2 is 1.79 bits per heavy atom. The van der Waals surface area contributed by atoms with Crippen LogP contribution in [-0.2, 0) is 4.79 Å². The number of halogens is 1. The second kappa shape index (κ2) is 10.9. The van der Waals surface area contributed by atoms with E-state index in [9.17, 15) is 24.5 Å². The maximum atomic E-state index is 12.6. The third kappa shape index (κ3) is 6.05. The minimum Gasteiger partial charge on any atom is -0.454 e. The molecule has 2 aromatic carbocycles. The smallest absolute Gasteiger partial charge is 0.288 e. The number of hydrogen-bond donors (Lipinski definition) is 3. The molecule has 0 spiro atoms. The van der Waals surface area contributed by atoms with Crippen molar-refractivity contribution in [1.82, 2.24) is 16.2 Å². The number of carbonyl (C=O) groups excluding carboxylic acids is 3. The van der Waals surface area contributed by atoms with Crippen molar-refractivity contribution < 1.29 is 28.8 Å². The molecular formula is C20H19ClN4O7S. The van der Waals surface area contributed by atoms with Crippen molar-refractivity contribution in [3.05, 3.63) is 62.7 Å². The lowest BCUT2D eigenvalue weighted by atomic mass is 10.1. The van der Waals surface area contributed by atoms with Gasteiger partial charge in [0.2, 0.25) is 6.79 Å². The quantitative estimate of drug-likeness (QED) is 0.374. The van der Waals surface area contributed by atoms with E-state index in [-0.39, 0.29) is 29.4 Å². The Morgan fingerprint density at radius 3 is 2.52 bits per heavy atom. The molecule has 0 bridgehead atoms. The summed E-state index contributed by atoms with van der Waals surface area (Å²) in [6.07, 6.45) is 2.09. The molecule has 1 unspecified atom stereocenters. The van der Waals surface area contributed by atoms with E-state index in [0.29, 0.717) is 17.3 Å². The summed E-state index contributed by atoms with van der Waals surface area (Å²) in [6, 6.07) is 7.14. The van der Waals surface area contributed by atoms with Gasteiger partial charge in [-0.1, -0.05) is 11.6 Å². The van der Waals surface area contributed by atoms with Crippen LogP contribution in [0.25, 0.3) is 0 Å². The molecule has 3 N–H and O–H groups in total. The Labute approximate surface area is 197 Å². The molecular weight excluding hydrogens is 476 g/mol. The molecule has 1 aliphatic heterocycles. The van der Waals surface area contributed by atoms with Crippen LogP contribution in [0.1, 0.15) is 27.1 Å². The van der Waals surface area contributed by atoms with Crippen molar-refractivity contribution in [3.63, 3.8) is 0 Å². The van der Waals surface area contributed by atoms with Gasteiger partial charge in [-0.05, 0) is 48.8 Å². The molecule has 1 aliphatic rings. The predicted octanol–water partition coefficient (Wildman–Crippen LogP) is 2.29. The van der Waals surface area contributed by atoms with Gasteiger partial charge in [0, 0.05) is 17.2 Å². The first kappa shape index (κ1) is 24.1. The van der Waals surface area contributed by atoms with Crippen LogP contribution >= 0.6 is 23.4 Å². The summed E-state index contributed by atoms with van der Waals surface area (Å²) in [6.45, 7) is 0.0603. The molecule has 3 amide bonds. The molecule has 0 aromatic heterocycles. The maximum absolute atomic E-state index is 12.6. The number of hydrogen-bond acceptors (Lipinski definition) is 8. The number of nitro benzene ring substituents is 1. The van der Waals surface area contributed by atoms with Gasteiger partial charge in [0.05, 0.1) is 4.92 Å². The van der Waals surface area contributed by atoms with Gasteiger partial charge in [-0.2, -0.15) is 11.8 Å². The molecule has 0 fully saturated rings. The number of carbonyl (C=O) groups is 3. The van der Waals surface area contributed by atoms with Crippen LogP contribution in [0, 0.1) is 10.1 Å². The van der Waals surface area contributed by atoms with Crippen LogP contribution in [0.4, 0.5) is 5.69 Å². The normalized spacial score (nSPS) is 12.5. The predicted molar refractivity (Wildman–Crippen MR) is 121 cm³/mol. The van der Waals surface area contributed by atoms with Gasteiger partial charge < -0.3 is 14.8 Å². The van der Waals surface area contributed by atoms with Crippen molar-refractivity contribution in [2.45, 2.75) is 12.5 Å². The number of amides is 3. The zero-order valence-corrected chi connectivity index (χ0v) is 18.8. The Kier molecular flexibility index (Phi) is 7.96. The lowest BCUT2D eigenvalue weighted by molar-refractivity contribution is -0.384. The van der Waals surface area contributed by atoms with Crippen molar-refractivity contribution >= 4 is 46.8 Å². The lowest BCUT2D eigenvalue weighted by Gasteiger charge is -2.18. The fourth-order valence-corrected chi connectivity index (χ4v) is 3.51. The van der Waals surface area contributed by atoms with Crippen LogP contribution in [0.3, 0.4) is 0 Å². The number of thioether (sulfide) groups is 1. The van der Waals surface area contributed by atoms with Crippen molar-refractivity contribution in [1.29, 1.82) is 0 Å². The molecule has 0 saturated carbocycles. The molecule has 1 atom stereocenters. The third-order valence-corrected chi connectivity index (χ3v) is 5.54. The highest BCUT2D eigenvalue weighted by Gasteiger charge is 2.24. The summed E-state index contributed by atoms with van der Waals surface area (Å²) in [5.74, 6) is -0.484. The largest absolute Gasteiger partial charge is 0.454 e. The zero-order chi connectivity index (χ0) is 24.0.